The molecule has 126 valence electrons. The van der Waals surface area contributed by atoms with Crippen LogP contribution in [0.15, 0.2) is 30.5 Å². The van der Waals surface area contributed by atoms with Crippen LogP contribution in [0.25, 0.3) is 10.9 Å². The van der Waals surface area contributed by atoms with E-state index in [0.717, 1.165) is 24.9 Å². The van der Waals surface area contributed by atoms with Crippen molar-refractivity contribution in [1.29, 1.82) is 0 Å². The lowest BCUT2D eigenvalue weighted by Gasteiger charge is -2.42. The molecule has 0 unspecified atom stereocenters. The molecule has 1 aromatic heterocycles. The van der Waals surface area contributed by atoms with Crippen LogP contribution < -0.4 is 0 Å². The molecule has 0 aliphatic carbocycles. The lowest BCUT2D eigenvalue weighted by Crippen LogP contribution is -2.49. The van der Waals surface area contributed by atoms with Crippen molar-refractivity contribution in [2.45, 2.75) is 18.3 Å². The molecule has 3 rings (SSSR count). The Bertz CT molecular complexity index is 787. The van der Waals surface area contributed by atoms with E-state index in [2.05, 4.69) is 48.4 Å². The number of aromatic nitrogens is 1. The third-order valence-corrected chi connectivity index (χ3v) is 6.23. The van der Waals surface area contributed by atoms with Gasteiger partial charge in [-0.05, 0) is 38.6 Å². The number of hydrogen-bond acceptors (Lipinski definition) is 3. The van der Waals surface area contributed by atoms with Gasteiger partial charge in [-0.15, -0.1) is 0 Å². The summed E-state index contributed by atoms with van der Waals surface area (Å²) in [6.07, 6.45) is 5.11. The number of benzene rings is 1. The summed E-state index contributed by atoms with van der Waals surface area (Å²) < 4.78 is 25.3. The maximum Gasteiger partial charge on any atom is 0.211 e. The lowest BCUT2D eigenvalue weighted by molar-refractivity contribution is 0.186. The van der Waals surface area contributed by atoms with Crippen molar-refractivity contribution in [2.24, 2.45) is 0 Å². The number of rotatable bonds is 4. The van der Waals surface area contributed by atoms with Crippen molar-refractivity contribution in [2.75, 3.05) is 40.0 Å². The summed E-state index contributed by atoms with van der Waals surface area (Å²) in [5.74, 6) is 0. The van der Waals surface area contributed by atoms with Crippen LogP contribution in [0, 0.1) is 0 Å². The molecular formula is C17H25N3O2S. The van der Waals surface area contributed by atoms with Crippen LogP contribution >= 0.6 is 0 Å². The van der Waals surface area contributed by atoms with E-state index >= 15 is 0 Å². The Morgan fingerprint density at radius 1 is 1.22 bits per heavy atom. The highest BCUT2D eigenvalue weighted by Gasteiger charge is 2.40. The molecule has 0 amide bonds. The topological polar surface area (TPSA) is 56.4 Å². The summed E-state index contributed by atoms with van der Waals surface area (Å²) >= 11 is 0. The van der Waals surface area contributed by atoms with Gasteiger partial charge in [-0.2, -0.15) is 0 Å². The molecule has 2 aromatic rings. The van der Waals surface area contributed by atoms with Crippen LogP contribution in [-0.4, -0.2) is 62.6 Å². The molecule has 0 spiro atoms. The Morgan fingerprint density at radius 3 is 2.48 bits per heavy atom. The van der Waals surface area contributed by atoms with Gasteiger partial charge >= 0.3 is 0 Å². The van der Waals surface area contributed by atoms with Crippen LogP contribution in [0.2, 0.25) is 0 Å². The van der Waals surface area contributed by atoms with Crippen LogP contribution in [0.1, 0.15) is 18.4 Å². The maximum atomic E-state index is 11.8. The Labute approximate surface area is 138 Å². The van der Waals surface area contributed by atoms with Crippen molar-refractivity contribution in [1.82, 2.24) is 14.2 Å². The summed E-state index contributed by atoms with van der Waals surface area (Å²) in [4.78, 5) is 5.58. The second-order valence-electron chi connectivity index (χ2n) is 6.93. The average molecular weight is 335 g/mol. The first kappa shape index (κ1) is 16.5. The highest BCUT2D eigenvalue weighted by molar-refractivity contribution is 7.88. The minimum absolute atomic E-state index is 0.00963. The van der Waals surface area contributed by atoms with Crippen LogP contribution in [-0.2, 0) is 15.4 Å². The van der Waals surface area contributed by atoms with E-state index in [1.54, 1.807) is 4.31 Å². The molecule has 6 heteroatoms. The molecule has 1 N–H and O–H groups in total. The first-order chi connectivity index (χ1) is 10.8. The predicted octanol–water partition coefficient (Wildman–Crippen LogP) is 2.02. The third-order valence-electron chi connectivity index (χ3n) is 4.93. The maximum absolute atomic E-state index is 11.8. The zero-order chi connectivity index (χ0) is 16.7. The van der Waals surface area contributed by atoms with Gasteiger partial charge in [0.2, 0.25) is 10.0 Å². The summed E-state index contributed by atoms with van der Waals surface area (Å²) in [5, 5.41) is 1.25. The Balaban J connectivity index is 1.99. The number of nitrogens with one attached hydrogen (secondary N) is 1. The molecule has 1 saturated heterocycles. The molecule has 5 nitrogen and oxygen atoms in total. The Hall–Kier alpha value is -1.37. The molecule has 1 aromatic carbocycles. The first-order valence-corrected chi connectivity index (χ1v) is 9.83. The Kier molecular flexibility index (Phi) is 4.25. The lowest BCUT2D eigenvalue weighted by atomic mass is 9.72. The van der Waals surface area contributed by atoms with E-state index in [-0.39, 0.29) is 5.41 Å². The van der Waals surface area contributed by atoms with E-state index in [0.29, 0.717) is 13.1 Å². The second kappa shape index (κ2) is 5.92. The smallest absolute Gasteiger partial charge is 0.211 e. The number of hydrogen-bond donors (Lipinski definition) is 1. The fourth-order valence-electron chi connectivity index (χ4n) is 3.87. The predicted molar refractivity (Wildman–Crippen MR) is 94.2 cm³/mol. The van der Waals surface area contributed by atoms with Gasteiger partial charge < -0.3 is 9.88 Å². The molecule has 0 bridgehead atoms. The SMILES string of the molecule is CN(C)CC1(c2c[nH]c3ccccc23)CCN(S(C)(=O)=O)CC1. The first-order valence-electron chi connectivity index (χ1n) is 7.98. The molecule has 1 aliphatic heterocycles. The summed E-state index contributed by atoms with van der Waals surface area (Å²) in [6, 6.07) is 8.34. The average Bonchev–Trinajstić information content (AvgIpc) is 2.90. The second-order valence-corrected chi connectivity index (χ2v) is 8.91. The third kappa shape index (κ3) is 3.16. The highest BCUT2D eigenvalue weighted by Crippen LogP contribution is 2.40. The van der Waals surface area contributed by atoms with Crippen LogP contribution in [0.5, 0.6) is 0 Å². The van der Waals surface area contributed by atoms with Gasteiger partial charge in [0.15, 0.2) is 0 Å². The number of aromatic amines is 1. The highest BCUT2D eigenvalue weighted by atomic mass is 32.2. The van der Waals surface area contributed by atoms with Gasteiger partial charge in [-0.25, -0.2) is 12.7 Å². The largest absolute Gasteiger partial charge is 0.361 e. The van der Waals surface area contributed by atoms with Crippen molar-refractivity contribution >= 4 is 20.9 Å². The molecular weight excluding hydrogens is 310 g/mol. The minimum Gasteiger partial charge on any atom is -0.361 e. The number of fused-ring (bicyclic) bond motifs is 1. The molecule has 2 heterocycles. The fraction of sp³-hybridized carbons (Fsp3) is 0.529. The van der Waals surface area contributed by atoms with Crippen molar-refractivity contribution in [3.63, 3.8) is 0 Å². The van der Waals surface area contributed by atoms with Gasteiger partial charge in [-0.1, -0.05) is 18.2 Å². The molecule has 1 fully saturated rings. The normalized spacial score (nSPS) is 19.5. The summed E-state index contributed by atoms with van der Waals surface area (Å²) in [7, 11) is 1.06. The number of nitrogens with zero attached hydrogens (tertiary/aromatic N) is 2. The van der Waals surface area contributed by atoms with Crippen molar-refractivity contribution in [3.8, 4) is 0 Å². The molecule has 1 aliphatic rings. The van der Waals surface area contributed by atoms with E-state index in [1.807, 2.05) is 6.07 Å². The van der Waals surface area contributed by atoms with Gasteiger partial charge in [0.25, 0.3) is 0 Å². The van der Waals surface area contributed by atoms with Crippen molar-refractivity contribution in [3.05, 3.63) is 36.0 Å². The molecule has 23 heavy (non-hydrogen) atoms. The van der Waals surface area contributed by atoms with Crippen LogP contribution in [0.4, 0.5) is 0 Å². The quantitative estimate of drug-likeness (QED) is 0.930. The zero-order valence-electron chi connectivity index (χ0n) is 14.0. The number of likely N-dealkylation sites (N-methyl/N-ethyl adjacent to an activating group) is 1. The van der Waals surface area contributed by atoms with Gasteiger partial charge in [0.05, 0.1) is 6.26 Å². The minimum atomic E-state index is -3.10. The zero-order valence-corrected chi connectivity index (χ0v) is 14.9. The molecule has 0 atom stereocenters. The number of piperidine rings is 1. The Morgan fingerprint density at radius 2 is 1.87 bits per heavy atom. The molecule has 0 saturated carbocycles. The van der Waals surface area contributed by atoms with E-state index in [4.69, 9.17) is 0 Å². The summed E-state index contributed by atoms with van der Waals surface area (Å²) in [5.41, 5.74) is 2.45. The van der Waals surface area contributed by atoms with Crippen molar-refractivity contribution < 1.29 is 8.42 Å². The van der Waals surface area contributed by atoms with E-state index < -0.39 is 10.0 Å². The van der Waals surface area contributed by atoms with Gasteiger partial charge in [0.1, 0.15) is 0 Å². The van der Waals surface area contributed by atoms with Gasteiger partial charge in [0, 0.05) is 42.1 Å². The fourth-order valence-corrected chi connectivity index (χ4v) is 4.72. The number of sulfonamides is 1. The standard InChI is InChI=1S/C17H25N3O2S/c1-19(2)13-17(8-10-20(11-9-17)23(3,21)22)15-12-18-16-7-5-4-6-14(15)16/h4-7,12,18H,8-11,13H2,1-3H3. The van der Waals surface area contributed by atoms with Crippen LogP contribution in [0.3, 0.4) is 0 Å². The number of para-hydroxylation sites is 1. The van der Waals surface area contributed by atoms with Gasteiger partial charge in [-0.3, -0.25) is 0 Å². The molecule has 0 radical (unpaired) electrons. The van der Waals surface area contributed by atoms with E-state index in [1.165, 1.54) is 17.2 Å². The number of H-pyrrole nitrogens is 1. The monoisotopic (exact) mass is 335 g/mol. The van der Waals surface area contributed by atoms with E-state index in [9.17, 15) is 8.42 Å². The summed E-state index contributed by atoms with van der Waals surface area (Å²) in [6.45, 7) is 2.10.